The number of aliphatic hydroxyl groups is 1. The van der Waals surface area contributed by atoms with Crippen LogP contribution in [0.25, 0.3) is 11.3 Å². The molecule has 2 aliphatic rings. The lowest BCUT2D eigenvalue weighted by Gasteiger charge is -2.40. The van der Waals surface area contributed by atoms with E-state index in [1.165, 1.54) is 4.90 Å². The molecule has 3 aromatic rings. The molecule has 37 heavy (non-hydrogen) atoms. The molecule has 8 nitrogen and oxygen atoms in total. The van der Waals surface area contributed by atoms with Crippen LogP contribution >= 0.6 is 0 Å². The molecular weight excluding hydrogens is 468 g/mol. The Balaban J connectivity index is 1.52. The van der Waals surface area contributed by atoms with Crippen molar-refractivity contribution < 1.29 is 19.8 Å². The number of imidazole rings is 1. The molecule has 0 radical (unpaired) electrons. The first-order valence-electron chi connectivity index (χ1n) is 13.2. The molecule has 1 aliphatic carbocycles. The van der Waals surface area contributed by atoms with Crippen LogP contribution in [0, 0.1) is 0 Å². The quantitative estimate of drug-likeness (QED) is 0.502. The lowest BCUT2D eigenvalue weighted by Crippen LogP contribution is -2.57. The third kappa shape index (κ3) is 5.39. The van der Waals surface area contributed by atoms with Gasteiger partial charge in [0.15, 0.2) is 5.69 Å². The number of hydrogen-bond donors (Lipinski definition) is 2. The maximum Gasteiger partial charge on any atom is 0.407 e. The molecule has 0 unspecified atom stereocenters. The summed E-state index contributed by atoms with van der Waals surface area (Å²) in [4.78, 5) is 33.7. The summed E-state index contributed by atoms with van der Waals surface area (Å²) < 4.78 is 2.00. The van der Waals surface area contributed by atoms with E-state index in [4.69, 9.17) is 0 Å². The van der Waals surface area contributed by atoms with Gasteiger partial charge < -0.3 is 24.6 Å². The smallest absolute Gasteiger partial charge is 0.407 e. The fraction of sp³-hybridized carbons (Fsp3) is 0.414. The molecule has 2 aromatic carbocycles. The molecule has 2 fully saturated rings. The molecular formula is C29H34N4O4. The van der Waals surface area contributed by atoms with Crippen molar-refractivity contribution in [3.63, 3.8) is 0 Å². The van der Waals surface area contributed by atoms with Crippen LogP contribution in [-0.2, 0) is 6.42 Å². The maximum atomic E-state index is 14.1. The first kappa shape index (κ1) is 25.0. The van der Waals surface area contributed by atoms with Gasteiger partial charge in [-0.25, -0.2) is 9.78 Å². The van der Waals surface area contributed by atoms with Crippen molar-refractivity contribution in [2.75, 3.05) is 19.6 Å². The Hall–Kier alpha value is -3.65. The van der Waals surface area contributed by atoms with Crippen molar-refractivity contribution in [2.45, 2.75) is 56.7 Å². The summed E-state index contributed by atoms with van der Waals surface area (Å²) in [6.07, 6.45) is 5.46. The van der Waals surface area contributed by atoms with Gasteiger partial charge in [0.1, 0.15) is 0 Å². The minimum atomic E-state index is -0.971. The Kier molecular flexibility index (Phi) is 7.55. The first-order chi connectivity index (χ1) is 18.0. The van der Waals surface area contributed by atoms with E-state index >= 15 is 0 Å². The van der Waals surface area contributed by atoms with Crippen LogP contribution < -0.4 is 0 Å². The van der Waals surface area contributed by atoms with Gasteiger partial charge in [-0.3, -0.25) is 4.79 Å². The summed E-state index contributed by atoms with van der Waals surface area (Å²) in [5.74, 6) is -0.202. The van der Waals surface area contributed by atoms with E-state index < -0.39 is 12.2 Å². The minimum absolute atomic E-state index is 0.143. The van der Waals surface area contributed by atoms with Crippen molar-refractivity contribution in [3.05, 3.63) is 78.2 Å². The Labute approximate surface area is 217 Å². The number of rotatable bonds is 5. The molecule has 2 N–H and O–H groups in total. The van der Waals surface area contributed by atoms with Crippen LogP contribution in [0.3, 0.4) is 0 Å². The highest BCUT2D eigenvalue weighted by atomic mass is 16.4. The van der Waals surface area contributed by atoms with Gasteiger partial charge in [-0.05, 0) is 24.8 Å². The molecule has 0 bridgehead atoms. The van der Waals surface area contributed by atoms with E-state index in [-0.39, 0.29) is 31.1 Å². The zero-order chi connectivity index (χ0) is 25.8. The Bertz CT molecular complexity index is 1210. The van der Waals surface area contributed by atoms with Gasteiger partial charge in [0.2, 0.25) is 0 Å². The second-order valence-corrected chi connectivity index (χ2v) is 10.1. The lowest BCUT2D eigenvalue weighted by atomic mass is 10.0. The van der Waals surface area contributed by atoms with Crippen molar-refractivity contribution >= 4 is 12.0 Å². The van der Waals surface area contributed by atoms with Gasteiger partial charge in [0, 0.05) is 25.2 Å². The number of carboxylic acid groups (broad SMARTS) is 1. The maximum absolute atomic E-state index is 14.1. The predicted molar refractivity (Wildman–Crippen MR) is 140 cm³/mol. The van der Waals surface area contributed by atoms with Crippen LogP contribution in [0.2, 0.25) is 0 Å². The van der Waals surface area contributed by atoms with Gasteiger partial charge in [-0.1, -0.05) is 79.9 Å². The molecule has 1 aliphatic heterocycles. The predicted octanol–water partition coefficient (Wildman–Crippen LogP) is 4.46. The molecule has 1 saturated carbocycles. The lowest BCUT2D eigenvalue weighted by molar-refractivity contribution is 0.0446. The molecule has 0 spiro atoms. The van der Waals surface area contributed by atoms with Crippen LogP contribution in [-0.4, -0.2) is 73.3 Å². The highest BCUT2D eigenvalue weighted by Gasteiger charge is 2.36. The van der Waals surface area contributed by atoms with Crippen molar-refractivity contribution in [1.82, 2.24) is 19.4 Å². The summed E-state index contributed by atoms with van der Waals surface area (Å²) in [5.41, 5.74) is 3.00. The molecule has 194 valence electrons. The van der Waals surface area contributed by atoms with Crippen LogP contribution in [0.4, 0.5) is 4.79 Å². The fourth-order valence-corrected chi connectivity index (χ4v) is 5.74. The highest BCUT2D eigenvalue weighted by Crippen LogP contribution is 2.34. The second kappa shape index (κ2) is 11.2. The first-order valence-corrected chi connectivity index (χ1v) is 13.2. The number of aliphatic hydroxyl groups excluding tert-OH is 1. The fourth-order valence-electron chi connectivity index (χ4n) is 5.74. The van der Waals surface area contributed by atoms with Crippen molar-refractivity contribution in [1.29, 1.82) is 0 Å². The van der Waals surface area contributed by atoms with Gasteiger partial charge in [-0.15, -0.1) is 0 Å². The number of nitrogens with zero attached hydrogens (tertiary/aromatic N) is 4. The third-order valence-electron chi connectivity index (χ3n) is 7.67. The molecule has 1 saturated heterocycles. The Morgan fingerprint density at radius 1 is 0.919 bits per heavy atom. The van der Waals surface area contributed by atoms with E-state index in [9.17, 15) is 19.8 Å². The average molecular weight is 503 g/mol. The van der Waals surface area contributed by atoms with Gasteiger partial charge in [-0.2, -0.15) is 0 Å². The SMILES string of the molecule is O=C(O)N1CCN(C(=O)c2ncn([C@@H]3CCCCC[C@@H]3O)c2-c2ccccc2)[C@H](Cc2ccccc2)C1. The van der Waals surface area contributed by atoms with E-state index in [1.54, 1.807) is 11.2 Å². The van der Waals surface area contributed by atoms with Crippen LogP contribution in [0.15, 0.2) is 67.0 Å². The normalized spacial score (nSPS) is 22.5. The number of aromatic nitrogens is 2. The molecule has 5 rings (SSSR count). The Morgan fingerprint density at radius 3 is 2.35 bits per heavy atom. The Morgan fingerprint density at radius 2 is 1.62 bits per heavy atom. The molecule has 2 heterocycles. The van der Waals surface area contributed by atoms with E-state index in [1.807, 2.05) is 65.2 Å². The largest absolute Gasteiger partial charge is 0.465 e. The zero-order valence-corrected chi connectivity index (χ0v) is 20.9. The number of benzene rings is 2. The van der Waals surface area contributed by atoms with Gasteiger partial charge >= 0.3 is 6.09 Å². The molecule has 1 aromatic heterocycles. The number of carbonyl (C=O) groups is 2. The summed E-state index contributed by atoms with van der Waals surface area (Å²) in [6.45, 7) is 0.809. The molecule has 8 heteroatoms. The monoisotopic (exact) mass is 502 g/mol. The van der Waals surface area contributed by atoms with Crippen molar-refractivity contribution in [2.24, 2.45) is 0 Å². The highest BCUT2D eigenvalue weighted by molar-refractivity contribution is 5.98. The summed E-state index contributed by atoms with van der Waals surface area (Å²) >= 11 is 0. The molecule has 2 amide bonds. The number of amides is 2. The van der Waals surface area contributed by atoms with E-state index in [0.29, 0.717) is 18.7 Å². The van der Waals surface area contributed by atoms with Gasteiger partial charge in [0.05, 0.1) is 30.2 Å². The summed E-state index contributed by atoms with van der Waals surface area (Å²) in [5, 5.41) is 20.6. The third-order valence-corrected chi connectivity index (χ3v) is 7.67. The summed E-state index contributed by atoms with van der Waals surface area (Å²) in [7, 11) is 0. The molecule has 3 atom stereocenters. The number of carbonyl (C=O) groups excluding carboxylic acids is 1. The average Bonchev–Trinajstić information content (AvgIpc) is 3.24. The second-order valence-electron chi connectivity index (χ2n) is 10.1. The van der Waals surface area contributed by atoms with E-state index in [0.717, 1.165) is 48.9 Å². The zero-order valence-electron chi connectivity index (χ0n) is 20.9. The van der Waals surface area contributed by atoms with Crippen LogP contribution in [0.5, 0.6) is 0 Å². The van der Waals surface area contributed by atoms with Crippen LogP contribution in [0.1, 0.15) is 54.2 Å². The van der Waals surface area contributed by atoms with Gasteiger partial charge in [0.25, 0.3) is 5.91 Å². The minimum Gasteiger partial charge on any atom is -0.465 e. The standard InChI is InChI=1S/C29H34N4O4/c34-25-15-9-3-8-14-24(25)33-20-30-26(27(33)22-12-6-2-7-13-22)28(35)32-17-16-31(29(36)37)19-23(32)18-21-10-4-1-5-11-21/h1-2,4-7,10-13,20,23-25,34H,3,8-9,14-19H2,(H,36,37)/t23-,24-,25+/m1/s1. The number of hydrogen-bond acceptors (Lipinski definition) is 4. The van der Waals surface area contributed by atoms with Crippen molar-refractivity contribution in [3.8, 4) is 11.3 Å². The summed E-state index contributed by atoms with van der Waals surface area (Å²) in [6, 6.07) is 19.1. The topological polar surface area (TPSA) is 98.9 Å². The number of piperazine rings is 1. The van der Waals surface area contributed by atoms with E-state index in [2.05, 4.69) is 4.98 Å².